The maximum Gasteiger partial charge on any atom is 0.490 e. The lowest BCUT2D eigenvalue weighted by molar-refractivity contribution is -0.192. The molecule has 158 valence electrons. The number of rotatable bonds is 8. The first kappa shape index (κ1) is 22.7. The van der Waals surface area contributed by atoms with Gasteiger partial charge in [0, 0.05) is 44.7 Å². The Balaban J connectivity index is 0.000000370. The summed E-state index contributed by atoms with van der Waals surface area (Å²) in [7, 11) is 0. The molecule has 2 aliphatic rings. The van der Waals surface area contributed by atoms with Crippen molar-refractivity contribution in [3.8, 4) is 12.3 Å². The lowest BCUT2D eigenvalue weighted by Gasteiger charge is -2.23. The van der Waals surface area contributed by atoms with Crippen LogP contribution in [0.3, 0.4) is 0 Å². The molecule has 0 unspecified atom stereocenters. The van der Waals surface area contributed by atoms with Crippen LogP contribution in [0.4, 0.5) is 13.2 Å². The maximum absolute atomic E-state index is 11.9. The first-order valence-corrected chi connectivity index (χ1v) is 9.44. The number of carbonyl (C=O) groups excluding carboxylic acids is 1. The predicted octanol–water partition coefficient (Wildman–Crippen LogP) is 1.83. The topological polar surface area (TPSA) is 129 Å². The minimum atomic E-state index is -5.08. The van der Waals surface area contributed by atoms with Crippen LogP contribution in [0.1, 0.15) is 41.6 Å². The van der Waals surface area contributed by atoms with Gasteiger partial charge in [-0.05, 0) is 0 Å². The number of aromatic nitrogens is 2. The molecule has 1 aromatic heterocycles. The van der Waals surface area contributed by atoms with Crippen LogP contribution in [0, 0.1) is 12.3 Å². The van der Waals surface area contributed by atoms with E-state index in [4.69, 9.17) is 16.3 Å². The highest BCUT2D eigenvalue weighted by Crippen LogP contribution is 2.37. The first-order chi connectivity index (χ1) is 13.6. The van der Waals surface area contributed by atoms with Gasteiger partial charge in [-0.25, -0.2) is 4.79 Å². The quantitative estimate of drug-likeness (QED) is 0.538. The fourth-order valence-corrected chi connectivity index (χ4v) is 3.09. The van der Waals surface area contributed by atoms with Crippen molar-refractivity contribution in [2.24, 2.45) is 10.2 Å². The molecule has 0 atom stereocenters. The van der Waals surface area contributed by atoms with E-state index in [0.717, 1.165) is 29.5 Å². The van der Waals surface area contributed by atoms with Gasteiger partial charge in [0.1, 0.15) is 10.0 Å². The Morgan fingerprint density at radius 3 is 2.45 bits per heavy atom. The fourth-order valence-electron chi connectivity index (χ4n) is 2.21. The van der Waals surface area contributed by atoms with E-state index in [2.05, 4.69) is 37.0 Å². The number of hydrogen-bond acceptors (Lipinski definition) is 8. The highest BCUT2D eigenvalue weighted by atomic mass is 32.1. The Morgan fingerprint density at radius 1 is 1.31 bits per heavy atom. The van der Waals surface area contributed by atoms with E-state index >= 15 is 0 Å². The van der Waals surface area contributed by atoms with Crippen LogP contribution in [0.25, 0.3) is 0 Å². The molecule has 0 aromatic carbocycles. The predicted molar refractivity (Wildman–Crippen MR) is 95.9 cm³/mol. The van der Waals surface area contributed by atoms with Gasteiger partial charge in [0.05, 0.1) is 6.54 Å². The molecule has 1 fully saturated rings. The van der Waals surface area contributed by atoms with Gasteiger partial charge in [0.2, 0.25) is 5.91 Å². The molecular formula is C16H19F3N6O3S. The molecule has 1 saturated heterocycles. The molecule has 0 aliphatic carbocycles. The summed E-state index contributed by atoms with van der Waals surface area (Å²) in [5.74, 6) is 0.291. The van der Waals surface area contributed by atoms with Crippen molar-refractivity contribution in [1.82, 2.24) is 20.8 Å². The molecule has 0 radical (unpaired) electrons. The Morgan fingerprint density at radius 2 is 1.97 bits per heavy atom. The Kier molecular flexibility index (Phi) is 7.63. The van der Waals surface area contributed by atoms with Gasteiger partial charge in [-0.2, -0.15) is 23.4 Å². The SMILES string of the molecule is C#CCCC1(CCC(=O)NCc2nnc(C3CNC3)s2)N=N1.O=C(O)C(F)(F)F. The summed E-state index contributed by atoms with van der Waals surface area (Å²) in [6.45, 7) is 2.36. The first-order valence-electron chi connectivity index (χ1n) is 8.62. The van der Waals surface area contributed by atoms with Gasteiger partial charge in [-0.15, -0.1) is 22.5 Å². The van der Waals surface area contributed by atoms with Gasteiger partial charge < -0.3 is 15.7 Å². The van der Waals surface area contributed by atoms with Crippen molar-refractivity contribution in [2.75, 3.05) is 13.1 Å². The van der Waals surface area contributed by atoms with Gasteiger partial charge in [0.15, 0.2) is 5.66 Å². The lowest BCUT2D eigenvalue weighted by atomic mass is 10.0. The molecule has 29 heavy (non-hydrogen) atoms. The number of halogens is 3. The van der Waals surface area contributed by atoms with E-state index in [0.29, 0.717) is 31.7 Å². The minimum absolute atomic E-state index is 0.0144. The van der Waals surface area contributed by atoms with E-state index in [1.165, 1.54) is 0 Å². The number of alkyl halides is 3. The summed E-state index contributed by atoms with van der Waals surface area (Å²) in [6, 6.07) is 0. The Bertz CT molecular complexity index is 795. The number of terminal acetylenes is 1. The third-order valence-corrected chi connectivity index (χ3v) is 5.18. The van der Waals surface area contributed by atoms with Crippen LogP contribution in [-0.2, 0) is 16.1 Å². The monoisotopic (exact) mass is 432 g/mol. The minimum Gasteiger partial charge on any atom is -0.475 e. The summed E-state index contributed by atoms with van der Waals surface area (Å²) in [4.78, 5) is 20.8. The zero-order chi connectivity index (χ0) is 21.5. The van der Waals surface area contributed by atoms with E-state index < -0.39 is 17.8 Å². The highest BCUT2D eigenvalue weighted by molar-refractivity contribution is 7.11. The second-order valence-electron chi connectivity index (χ2n) is 6.36. The number of nitrogens with one attached hydrogen (secondary N) is 2. The lowest BCUT2D eigenvalue weighted by Crippen LogP contribution is -2.39. The standard InChI is InChI=1S/C14H18N6OS.C2HF3O2/c1-2-3-5-14(19-20-14)6-4-11(21)16-9-12-17-18-13(22-12)10-7-15-8-10;3-2(4,5)1(6)7/h1,10,15H,3-9H2,(H,16,21);(H,6,7). The number of carboxylic acids is 1. The molecule has 0 bridgehead atoms. The summed E-state index contributed by atoms with van der Waals surface area (Å²) in [6.07, 6.45) is 2.54. The molecule has 2 aliphatic heterocycles. The molecule has 0 saturated carbocycles. The Labute approximate surface area is 168 Å². The average Bonchev–Trinajstić information content (AvgIpc) is 3.24. The third-order valence-electron chi connectivity index (χ3n) is 4.10. The molecule has 3 N–H and O–H groups in total. The van der Waals surface area contributed by atoms with Crippen LogP contribution in [0.15, 0.2) is 10.2 Å². The molecule has 3 rings (SSSR count). The van der Waals surface area contributed by atoms with Crippen molar-refractivity contribution >= 4 is 23.2 Å². The Hall–Kier alpha value is -2.59. The summed E-state index contributed by atoms with van der Waals surface area (Å²) in [5, 5.41) is 31.4. The molecular weight excluding hydrogens is 413 g/mol. The van der Waals surface area contributed by atoms with E-state index in [-0.39, 0.29) is 5.91 Å². The van der Waals surface area contributed by atoms with Crippen molar-refractivity contribution in [3.05, 3.63) is 10.0 Å². The molecule has 1 amide bonds. The maximum atomic E-state index is 11.9. The number of nitrogens with zero attached hydrogens (tertiary/aromatic N) is 4. The molecule has 3 heterocycles. The number of carboxylic acid groups (broad SMARTS) is 1. The van der Waals surface area contributed by atoms with Gasteiger partial charge in [0.25, 0.3) is 0 Å². The molecule has 13 heteroatoms. The van der Waals surface area contributed by atoms with Gasteiger partial charge in [-0.1, -0.05) is 11.3 Å². The van der Waals surface area contributed by atoms with Crippen molar-refractivity contribution in [2.45, 2.75) is 50.0 Å². The van der Waals surface area contributed by atoms with Crippen LogP contribution >= 0.6 is 11.3 Å². The zero-order valence-corrected chi connectivity index (χ0v) is 16.0. The van der Waals surface area contributed by atoms with E-state index in [1.54, 1.807) is 11.3 Å². The second kappa shape index (κ2) is 9.75. The van der Waals surface area contributed by atoms with Crippen molar-refractivity contribution in [1.29, 1.82) is 0 Å². The van der Waals surface area contributed by atoms with Crippen LogP contribution < -0.4 is 10.6 Å². The second-order valence-corrected chi connectivity index (χ2v) is 7.45. The molecule has 1 aromatic rings. The van der Waals surface area contributed by atoms with Crippen LogP contribution in [0.2, 0.25) is 0 Å². The summed E-state index contributed by atoms with van der Waals surface area (Å²) in [5.41, 5.74) is -0.392. The van der Waals surface area contributed by atoms with Crippen LogP contribution in [0.5, 0.6) is 0 Å². The largest absolute Gasteiger partial charge is 0.490 e. The van der Waals surface area contributed by atoms with E-state index in [1.807, 2.05) is 0 Å². The van der Waals surface area contributed by atoms with Crippen molar-refractivity contribution < 1.29 is 27.9 Å². The molecule has 0 spiro atoms. The normalized spacial score (nSPS) is 16.8. The van der Waals surface area contributed by atoms with Gasteiger partial charge in [-0.3, -0.25) is 4.79 Å². The number of aliphatic carboxylic acids is 1. The van der Waals surface area contributed by atoms with Crippen molar-refractivity contribution in [3.63, 3.8) is 0 Å². The summed E-state index contributed by atoms with van der Waals surface area (Å²) < 4.78 is 31.7. The average molecular weight is 432 g/mol. The number of carbonyl (C=O) groups is 2. The smallest absolute Gasteiger partial charge is 0.475 e. The van der Waals surface area contributed by atoms with Crippen LogP contribution in [-0.4, -0.2) is 52.1 Å². The fraction of sp³-hybridized carbons (Fsp3) is 0.625. The highest BCUT2D eigenvalue weighted by Gasteiger charge is 2.39. The third kappa shape index (κ3) is 7.39. The zero-order valence-electron chi connectivity index (χ0n) is 15.2. The molecule has 9 nitrogen and oxygen atoms in total. The number of hydrogen-bond donors (Lipinski definition) is 3. The van der Waals surface area contributed by atoms with Gasteiger partial charge >= 0.3 is 12.1 Å². The number of amides is 1. The summed E-state index contributed by atoms with van der Waals surface area (Å²) >= 11 is 1.57. The van der Waals surface area contributed by atoms with E-state index in [9.17, 15) is 18.0 Å².